The van der Waals surface area contributed by atoms with E-state index in [0.29, 0.717) is 13.1 Å². The summed E-state index contributed by atoms with van der Waals surface area (Å²) in [6.07, 6.45) is 0. The van der Waals surface area contributed by atoms with E-state index in [2.05, 4.69) is 5.32 Å². The smallest absolute Gasteiger partial charge is 0.242 e. The van der Waals surface area contributed by atoms with Gasteiger partial charge in [-0.2, -0.15) is 0 Å². The number of carbonyl (C=O) groups is 1. The van der Waals surface area contributed by atoms with Gasteiger partial charge in [0.15, 0.2) is 0 Å². The SMILES string of the molecule is CCNC(C)(C)C(=O)N(CC)CCO. The number of carbonyl (C=O) groups excluding carboxylic acids is 1. The van der Waals surface area contributed by atoms with Crippen molar-refractivity contribution in [2.45, 2.75) is 33.2 Å². The van der Waals surface area contributed by atoms with Gasteiger partial charge in [0.2, 0.25) is 5.91 Å². The Morgan fingerprint density at radius 2 is 2.00 bits per heavy atom. The van der Waals surface area contributed by atoms with E-state index in [4.69, 9.17) is 5.11 Å². The average molecular weight is 202 g/mol. The van der Waals surface area contributed by atoms with Gasteiger partial charge in [-0.15, -0.1) is 0 Å². The highest BCUT2D eigenvalue weighted by Gasteiger charge is 2.29. The summed E-state index contributed by atoms with van der Waals surface area (Å²) in [5.41, 5.74) is -0.542. The lowest BCUT2D eigenvalue weighted by atomic mass is 10.0. The molecule has 0 rings (SSSR count). The first-order valence-corrected chi connectivity index (χ1v) is 5.14. The molecule has 0 unspecified atom stereocenters. The number of likely N-dealkylation sites (N-methyl/N-ethyl adjacent to an activating group) is 2. The van der Waals surface area contributed by atoms with Crippen molar-refractivity contribution in [3.63, 3.8) is 0 Å². The molecule has 0 saturated heterocycles. The van der Waals surface area contributed by atoms with Crippen LogP contribution in [0.15, 0.2) is 0 Å². The van der Waals surface area contributed by atoms with Gasteiger partial charge in [-0.05, 0) is 27.3 Å². The van der Waals surface area contributed by atoms with Gasteiger partial charge in [-0.3, -0.25) is 4.79 Å². The maximum atomic E-state index is 11.9. The van der Waals surface area contributed by atoms with Crippen LogP contribution in [0.25, 0.3) is 0 Å². The maximum absolute atomic E-state index is 11.9. The third kappa shape index (κ3) is 3.64. The summed E-state index contributed by atoms with van der Waals surface area (Å²) in [5, 5.41) is 11.9. The molecule has 0 aromatic rings. The number of aliphatic hydroxyl groups is 1. The molecule has 1 amide bonds. The van der Waals surface area contributed by atoms with Crippen molar-refractivity contribution in [1.82, 2.24) is 10.2 Å². The summed E-state index contributed by atoms with van der Waals surface area (Å²) in [5.74, 6) is 0.0379. The van der Waals surface area contributed by atoms with Crippen LogP contribution >= 0.6 is 0 Å². The van der Waals surface area contributed by atoms with E-state index in [1.807, 2.05) is 27.7 Å². The Morgan fingerprint density at radius 1 is 1.43 bits per heavy atom. The maximum Gasteiger partial charge on any atom is 0.242 e. The molecular weight excluding hydrogens is 180 g/mol. The summed E-state index contributed by atoms with van der Waals surface area (Å²) in [6, 6.07) is 0. The van der Waals surface area contributed by atoms with Crippen molar-refractivity contribution < 1.29 is 9.90 Å². The minimum Gasteiger partial charge on any atom is -0.395 e. The Balaban J connectivity index is 4.39. The molecular formula is C10H22N2O2. The zero-order valence-corrected chi connectivity index (χ0v) is 9.63. The lowest BCUT2D eigenvalue weighted by Gasteiger charge is -2.31. The highest BCUT2D eigenvalue weighted by atomic mass is 16.3. The predicted molar refractivity (Wildman–Crippen MR) is 57.1 cm³/mol. The molecule has 0 aromatic heterocycles. The normalized spacial score (nSPS) is 11.5. The fourth-order valence-corrected chi connectivity index (χ4v) is 1.44. The van der Waals surface area contributed by atoms with Crippen LogP contribution in [0.5, 0.6) is 0 Å². The molecule has 4 heteroatoms. The first-order valence-electron chi connectivity index (χ1n) is 5.14. The molecule has 0 atom stereocenters. The van der Waals surface area contributed by atoms with Crippen LogP contribution in [-0.4, -0.2) is 47.7 Å². The molecule has 0 aliphatic rings. The van der Waals surface area contributed by atoms with Crippen LogP contribution in [0.2, 0.25) is 0 Å². The van der Waals surface area contributed by atoms with Gasteiger partial charge in [-0.25, -0.2) is 0 Å². The van der Waals surface area contributed by atoms with Crippen LogP contribution in [0.4, 0.5) is 0 Å². The molecule has 0 radical (unpaired) electrons. The zero-order chi connectivity index (χ0) is 11.2. The van der Waals surface area contributed by atoms with Crippen LogP contribution < -0.4 is 5.32 Å². The third-order valence-corrected chi connectivity index (χ3v) is 2.19. The number of amides is 1. The van der Waals surface area contributed by atoms with Gasteiger partial charge >= 0.3 is 0 Å². The van der Waals surface area contributed by atoms with Gasteiger partial charge in [-0.1, -0.05) is 6.92 Å². The molecule has 0 aliphatic carbocycles. The monoisotopic (exact) mass is 202 g/mol. The van der Waals surface area contributed by atoms with Crippen molar-refractivity contribution in [3.8, 4) is 0 Å². The van der Waals surface area contributed by atoms with E-state index in [1.54, 1.807) is 4.90 Å². The van der Waals surface area contributed by atoms with Crippen LogP contribution in [-0.2, 0) is 4.79 Å². The Kier molecular flexibility index (Phi) is 5.72. The standard InChI is InChI=1S/C10H22N2O2/c1-5-11-10(3,4)9(14)12(6-2)7-8-13/h11,13H,5-8H2,1-4H3. The fraction of sp³-hybridized carbons (Fsp3) is 0.900. The van der Waals surface area contributed by atoms with Crippen molar-refractivity contribution in [2.24, 2.45) is 0 Å². The van der Waals surface area contributed by atoms with Gasteiger partial charge in [0, 0.05) is 13.1 Å². The molecule has 4 nitrogen and oxygen atoms in total. The van der Waals surface area contributed by atoms with Gasteiger partial charge < -0.3 is 15.3 Å². The molecule has 2 N–H and O–H groups in total. The molecule has 0 heterocycles. The van der Waals surface area contributed by atoms with Crippen LogP contribution in [0, 0.1) is 0 Å². The lowest BCUT2D eigenvalue weighted by Crippen LogP contribution is -2.54. The van der Waals surface area contributed by atoms with E-state index >= 15 is 0 Å². The summed E-state index contributed by atoms with van der Waals surface area (Å²) >= 11 is 0. The molecule has 0 aromatic carbocycles. The van der Waals surface area contributed by atoms with Gasteiger partial charge in [0.25, 0.3) is 0 Å². The number of hydrogen-bond donors (Lipinski definition) is 2. The average Bonchev–Trinajstić information content (AvgIpc) is 2.13. The number of rotatable bonds is 6. The molecule has 0 fully saturated rings. The second-order valence-corrected chi connectivity index (χ2v) is 3.76. The minimum absolute atomic E-state index is 0.0157. The molecule has 14 heavy (non-hydrogen) atoms. The van der Waals surface area contributed by atoms with Crippen LogP contribution in [0.3, 0.4) is 0 Å². The number of aliphatic hydroxyl groups excluding tert-OH is 1. The second kappa shape index (κ2) is 5.98. The zero-order valence-electron chi connectivity index (χ0n) is 9.63. The van der Waals surface area contributed by atoms with Crippen molar-refractivity contribution in [3.05, 3.63) is 0 Å². The minimum atomic E-state index is -0.542. The molecule has 0 saturated carbocycles. The summed E-state index contributed by atoms with van der Waals surface area (Å²) in [7, 11) is 0. The molecule has 84 valence electrons. The predicted octanol–water partition coefficient (Wildman–Crippen LogP) is 0.215. The highest BCUT2D eigenvalue weighted by molar-refractivity contribution is 5.85. The molecule has 0 aliphatic heterocycles. The van der Waals surface area contributed by atoms with Crippen LogP contribution in [0.1, 0.15) is 27.7 Å². The van der Waals surface area contributed by atoms with Crippen molar-refractivity contribution in [2.75, 3.05) is 26.2 Å². The van der Waals surface area contributed by atoms with E-state index in [1.165, 1.54) is 0 Å². The highest BCUT2D eigenvalue weighted by Crippen LogP contribution is 2.07. The second-order valence-electron chi connectivity index (χ2n) is 3.76. The Hall–Kier alpha value is -0.610. The van der Waals surface area contributed by atoms with E-state index < -0.39 is 5.54 Å². The fourth-order valence-electron chi connectivity index (χ4n) is 1.44. The van der Waals surface area contributed by atoms with Crippen molar-refractivity contribution in [1.29, 1.82) is 0 Å². The van der Waals surface area contributed by atoms with Gasteiger partial charge in [0.1, 0.15) is 0 Å². The first-order chi connectivity index (χ1) is 6.49. The Morgan fingerprint density at radius 3 is 2.36 bits per heavy atom. The van der Waals surface area contributed by atoms with E-state index in [-0.39, 0.29) is 12.5 Å². The largest absolute Gasteiger partial charge is 0.395 e. The quantitative estimate of drug-likeness (QED) is 0.647. The third-order valence-electron chi connectivity index (χ3n) is 2.19. The molecule has 0 spiro atoms. The summed E-state index contributed by atoms with van der Waals surface area (Å²) in [6.45, 7) is 9.42. The summed E-state index contributed by atoms with van der Waals surface area (Å²) < 4.78 is 0. The number of hydrogen-bond acceptors (Lipinski definition) is 3. The number of nitrogens with zero attached hydrogens (tertiary/aromatic N) is 1. The Labute approximate surface area is 86.3 Å². The topological polar surface area (TPSA) is 52.6 Å². The summed E-state index contributed by atoms with van der Waals surface area (Å²) in [4.78, 5) is 13.6. The lowest BCUT2D eigenvalue weighted by molar-refractivity contribution is -0.137. The van der Waals surface area contributed by atoms with Gasteiger partial charge in [0.05, 0.1) is 12.1 Å². The molecule has 0 bridgehead atoms. The first kappa shape index (κ1) is 13.4. The van der Waals surface area contributed by atoms with E-state index in [9.17, 15) is 4.79 Å². The number of nitrogens with one attached hydrogen (secondary N) is 1. The van der Waals surface area contributed by atoms with E-state index in [0.717, 1.165) is 6.54 Å². The Bertz CT molecular complexity index is 181. The van der Waals surface area contributed by atoms with Crippen molar-refractivity contribution >= 4 is 5.91 Å².